The molecule has 1 aromatic carbocycles. The SMILES string of the molecule is Cc1ccc(Br)cc1Oc1ccc([C@H](C)O)nc1. The first kappa shape index (κ1) is 13.1. The summed E-state index contributed by atoms with van der Waals surface area (Å²) in [6, 6.07) is 9.43. The fourth-order valence-corrected chi connectivity index (χ4v) is 1.85. The summed E-state index contributed by atoms with van der Waals surface area (Å²) in [5.41, 5.74) is 1.69. The van der Waals surface area contributed by atoms with Crippen LogP contribution in [0.2, 0.25) is 0 Å². The Kier molecular flexibility index (Phi) is 3.99. The molecule has 1 N–H and O–H groups in total. The van der Waals surface area contributed by atoms with E-state index in [1.165, 1.54) is 0 Å². The number of aromatic nitrogens is 1. The third-order valence-corrected chi connectivity index (χ3v) is 3.06. The maximum Gasteiger partial charge on any atom is 0.145 e. The van der Waals surface area contributed by atoms with E-state index in [0.717, 1.165) is 15.8 Å². The quantitative estimate of drug-likeness (QED) is 0.932. The molecule has 1 atom stereocenters. The molecule has 0 radical (unpaired) electrons. The van der Waals surface area contributed by atoms with Crippen LogP contribution >= 0.6 is 15.9 Å². The summed E-state index contributed by atoms with van der Waals surface area (Å²) in [7, 11) is 0. The molecule has 0 aliphatic rings. The molecule has 0 fully saturated rings. The van der Waals surface area contributed by atoms with Gasteiger partial charge in [0.1, 0.15) is 11.5 Å². The molecule has 1 heterocycles. The maximum absolute atomic E-state index is 9.38. The Morgan fingerprint density at radius 3 is 2.67 bits per heavy atom. The number of aliphatic hydroxyl groups excluding tert-OH is 1. The smallest absolute Gasteiger partial charge is 0.145 e. The normalized spacial score (nSPS) is 12.2. The number of aliphatic hydroxyl groups is 1. The van der Waals surface area contributed by atoms with E-state index in [-0.39, 0.29) is 0 Å². The lowest BCUT2D eigenvalue weighted by Gasteiger charge is -2.10. The van der Waals surface area contributed by atoms with E-state index in [1.807, 2.05) is 25.1 Å². The number of hydrogen-bond acceptors (Lipinski definition) is 3. The number of halogens is 1. The topological polar surface area (TPSA) is 42.4 Å². The highest BCUT2D eigenvalue weighted by atomic mass is 79.9. The highest BCUT2D eigenvalue weighted by molar-refractivity contribution is 9.10. The van der Waals surface area contributed by atoms with Crippen molar-refractivity contribution in [1.29, 1.82) is 0 Å². The van der Waals surface area contributed by atoms with Crippen LogP contribution < -0.4 is 4.74 Å². The van der Waals surface area contributed by atoms with Gasteiger partial charge in [-0.15, -0.1) is 0 Å². The lowest BCUT2D eigenvalue weighted by atomic mass is 10.2. The Morgan fingerprint density at radius 1 is 1.28 bits per heavy atom. The van der Waals surface area contributed by atoms with E-state index in [2.05, 4.69) is 20.9 Å². The van der Waals surface area contributed by atoms with Crippen molar-refractivity contribution in [3.05, 3.63) is 52.3 Å². The minimum Gasteiger partial charge on any atom is -0.455 e. The third kappa shape index (κ3) is 3.09. The Hall–Kier alpha value is -1.39. The maximum atomic E-state index is 9.38. The number of hydrogen-bond donors (Lipinski definition) is 1. The van der Waals surface area contributed by atoms with Crippen molar-refractivity contribution in [2.24, 2.45) is 0 Å². The van der Waals surface area contributed by atoms with Gasteiger partial charge in [0, 0.05) is 4.47 Å². The molecule has 0 saturated heterocycles. The van der Waals surface area contributed by atoms with Gasteiger partial charge < -0.3 is 9.84 Å². The van der Waals surface area contributed by atoms with Crippen molar-refractivity contribution < 1.29 is 9.84 Å². The summed E-state index contributed by atoms with van der Waals surface area (Å²) in [6.45, 7) is 3.67. The van der Waals surface area contributed by atoms with Gasteiger partial charge in [-0.1, -0.05) is 22.0 Å². The summed E-state index contributed by atoms with van der Waals surface area (Å²) in [5, 5.41) is 9.38. The minimum absolute atomic E-state index is 0.563. The average molecular weight is 308 g/mol. The van der Waals surface area contributed by atoms with E-state index in [1.54, 1.807) is 25.3 Å². The van der Waals surface area contributed by atoms with Crippen molar-refractivity contribution >= 4 is 15.9 Å². The van der Waals surface area contributed by atoms with Crippen LogP contribution in [-0.2, 0) is 0 Å². The van der Waals surface area contributed by atoms with Crippen LogP contribution in [0.25, 0.3) is 0 Å². The Labute approximate surface area is 115 Å². The molecular formula is C14H14BrNO2. The summed E-state index contributed by atoms with van der Waals surface area (Å²) in [5.74, 6) is 1.44. The molecule has 0 amide bonds. The second-order valence-corrected chi connectivity index (χ2v) is 5.02. The highest BCUT2D eigenvalue weighted by Gasteiger charge is 2.05. The highest BCUT2D eigenvalue weighted by Crippen LogP contribution is 2.28. The zero-order chi connectivity index (χ0) is 13.1. The second kappa shape index (κ2) is 5.50. The van der Waals surface area contributed by atoms with E-state index < -0.39 is 6.10 Å². The minimum atomic E-state index is -0.563. The van der Waals surface area contributed by atoms with Crippen LogP contribution in [0.3, 0.4) is 0 Å². The molecule has 3 nitrogen and oxygen atoms in total. The van der Waals surface area contributed by atoms with E-state index in [4.69, 9.17) is 4.74 Å². The lowest BCUT2D eigenvalue weighted by Crippen LogP contribution is -1.95. The Balaban J connectivity index is 2.21. The summed E-state index contributed by atoms with van der Waals surface area (Å²) < 4.78 is 6.72. The molecule has 2 rings (SSSR count). The first-order valence-electron chi connectivity index (χ1n) is 5.64. The molecule has 18 heavy (non-hydrogen) atoms. The average Bonchev–Trinajstić information content (AvgIpc) is 2.34. The predicted octanol–water partition coefficient (Wildman–Crippen LogP) is 4.00. The van der Waals surface area contributed by atoms with E-state index in [0.29, 0.717) is 11.4 Å². The van der Waals surface area contributed by atoms with Crippen LogP contribution in [0.4, 0.5) is 0 Å². The predicted molar refractivity (Wildman–Crippen MR) is 73.8 cm³/mol. The van der Waals surface area contributed by atoms with Gasteiger partial charge in [-0.2, -0.15) is 0 Å². The number of benzene rings is 1. The van der Waals surface area contributed by atoms with Crippen molar-refractivity contribution in [3.8, 4) is 11.5 Å². The summed E-state index contributed by atoms with van der Waals surface area (Å²) in [4.78, 5) is 4.14. The molecule has 1 aromatic heterocycles. The number of aryl methyl sites for hydroxylation is 1. The monoisotopic (exact) mass is 307 g/mol. The first-order chi connectivity index (χ1) is 8.56. The van der Waals surface area contributed by atoms with Crippen LogP contribution in [0.1, 0.15) is 24.3 Å². The standard InChI is InChI=1S/C14H14BrNO2/c1-9-3-4-11(15)7-14(9)18-12-5-6-13(10(2)17)16-8-12/h3-8,10,17H,1-2H3/t10-/m0/s1. The van der Waals surface area contributed by atoms with Gasteiger partial charge in [-0.05, 0) is 43.7 Å². The van der Waals surface area contributed by atoms with E-state index in [9.17, 15) is 5.11 Å². The molecule has 94 valence electrons. The molecule has 0 unspecified atom stereocenters. The van der Waals surface area contributed by atoms with Crippen LogP contribution in [0.15, 0.2) is 41.0 Å². The van der Waals surface area contributed by atoms with Crippen LogP contribution in [-0.4, -0.2) is 10.1 Å². The van der Waals surface area contributed by atoms with Crippen molar-refractivity contribution in [2.45, 2.75) is 20.0 Å². The number of nitrogens with zero attached hydrogens (tertiary/aromatic N) is 1. The largest absolute Gasteiger partial charge is 0.455 e. The molecule has 2 aromatic rings. The fourth-order valence-electron chi connectivity index (χ4n) is 1.51. The zero-order valence-corrected chi connectivity index (χ0v) is 11.8. The van der Waals surface area contributed by atoms with Crippen molar-refractivity contribution in [1.82, 2.24) is 4.98 Å². The molecule has 0 spiro atoms. The lowest BCUT2D eigenvalue weighted by molar-refractivity contribution is 0.194. The van der Waals surface area contributed by atoms with Gasteiger partial charge in [-0.3, -0.25) is 4.98 Å². The number of rotatable bonds is 3. The van der Waals surface area contributed by atoms with Gasteiger partial charge in [0.05, 0.1) is 18.0 Å². The fraction of sp³-hybridized carbons (Fsp3) is 0.214. The molecule has 0 aliphatic carbocycles. The molecule has 0 aliphatic heterocycles. The second-order valence-electron chi connectivity index (χ2n) is 4.11. The van der Waals surface area contributed by atoms with Crippen LogP contribution in [0.5, 0.6) is 11.5 Å². The molecular weight excluding hydrogens is 294 g/mol. The van der Waals surface area contributed by atoms with Gasteiger partial charge in [0.25, 0.3) is 0 Å². The summed E-state index contributed by atoms with van der Waals surface area (Å²) >= 11 is 3.41. The summed E-state index contributed by atoms with van der Waals surface area (Å²) in [6.07, 6.45) is 1.05. The molecule has 4 heteroatoms. The van der Waals surface area contributed by atoms with Crippen molar-refractivity contribution in [2.75, 3.05) is 0 Å². The molecule has 0 bridgehead atoms. The van der Waals surface area contributed by atoms with E-state index >= 15 is 0 Å². The number of ether oxygens (including phenoxy) is 1. The Bertz CT molecular complexity index is 538. The number of pyridine rings is 1. The van der Waals surface area contributed by atoms with Gasteiger partial charge >= 0.3 is 0 Å². The van der Waals surface area contributed by atoms with Gasteiger partial charge in [0.15, 0.2) is 0 Å². The first-order valence-corrected chi connectivity index (χ1v) is 6.43. The zero-order valence-electron chi connectivity index (χ0n) is 10.2. The van der Waals surface area contributed by atoms with Gasteiger partial charge in [0.2, 0.25) is 0 Å². The third-order valence-electron chi connectivity index (χ3n) is 2.57. The molecule has 0 saturated carbocycles. The van der Waals surface area contributed by atoms with Crippen molar-refractivity contribution in [3.63, 3.8) is 0 Å². The Morgan fingerprint density at radius 2 is 2.06 bits per heavy atom. The van der Waals surface area contributed by atoms with Crippen LogP contribution in [0, 0.1) is 6.92 Å². The van der Waals surface area contributed by atoms with Gasteiger partial charge in [-0.25, -0.2) is 0 Å².